The van der Waals surface area contributed by atoms with Crippen LogP contribution in [0, 0.1) is 21.7 Å². The van der Waals surface area contributed by atoms with Crippen molar-refractivity contribution in [2.45, 2.75) is 25.4 Å². The van der Waals surface area contributed by atoms with Crippen molar-refractivity contribution < 1.29 is 18.5 Å². The molecular formula is C15H12F2N2O3S. The maximum absolute atomic E-state index is 13.8. The van der Waals surface area contributed by atoms with Crippen LogP contribution < -0.4 is 0 Å². The molecule has 1 saturated carbocycles. The molecule has 3 rings (SSSR count). The summed E-state index contributed by atoms with van der Waals surface area (Å²) < 4.78 is 26.8. The zero-order valence-electron chi connectivity index (χ0n) is 11.9. The molecule has 0 atom stereocenters. The zero-order valence-corrected chi connectivity index (χ0v) is 12.7. The maximum Gasteiger partial charge on any atom is 0.324 e. The van der Waals surface area contributed by atoms with Crippen molar-refractivity contribution in [3.05, 3.63) is 62.5 Å². The second-order valence-corrected chi connectivity index (χ2v) is 6.36. The van der Waals surface area contributed by atoms with Gasteiger partial charge in [-0.25, -0.2) is 8.78 Å². The van der Waals surface area contributed by atoms with Gasteiger partial charge in [-0.05, 0) is 25.0 Å². The predicted molar refractivity (Wildman–Crippen MR) is 80.2 cm³/mol. The number of thiophene rings is 1. The van der Waals surface area contributed by atoms with E-state index in [4.69, 9.17) is 0 Å². The Morgan fingerprint density at radius 2 is 2.04 bits per heavy atom. The second-order valence-electron chi connectivity index (χ2n) is 5.29. The fraction of sp³-hybridized carbons (Fsp3) is 0.267. The van der Waals surface area contributed by atoms with E-state index in [1.165, 1.54) is 23.1 Å². The first kappa shape index (κ1) is 15.5. The van der Waals surface area contributed by atoms with Crippen molar-refractivity contribution in [2.75, 3.05) is 0 Å². The SMILES string of the molecule is O=C(c1ccc([N+](=O)[O-])s1)N(Cc1ccc(F)cc1F)C1CC1. The predicted octanol–water partition coefficient (Wildman–Crippen LogP) is 3.74. The summed E-state index contributed by atoms with van der Waals surface area (Å²) >= 11 is 0.796. The normalized spacial score (nSPS) is 13.8. The first-order valence-electron chi connectivity index (χ1n) is 6.95. The number of hydrogen-bond acceptors (Lipinski definition) is 4. The lowest BCUT2D eigenvalue weighted by Crippen LogP contribution is -2.32. The Morgan fingerprint density at radius 3 is 2.61 bits per heavy atom. The van der Waals surface area contributed by atoms with Crippen LogP contribution in [0.2, 0.25) is 0 Å². The maximum atomic E-state index is 13.8. The lowest BCUT2D eigenvalue weighted by Gasteiger charge is -2.22. The minimum atomic E-state index is -0.708. The summed E-state index contributed by atoms with van der Waals surface area (Å²) in [6, 6.07) is 5.91. The molecule has 120 valence electrons. The molecule has 1 fully saturated rings. The Hall–Kier alpha value is -2.35. The molecule has 23 heavy (non-hydrogen) atoms. The highest BCUT2D eigenvalue weighted by atomic mass is 32.1. The molecule has 0 spiro atoms. The Bertz CT molecular complexity index is 774. The van der Waals surface area contributed by atoms with Gasteiger partial charge in [0, 0.05) is 30.3 Å². The molecule has 0 bridgehead atoms. The van der Waals surface area contributed by atoms with Crippen molar-refractivity contribution in [3.63, 3.8) is 0 Å². The molecule has 1 amide bonds. The van der Waals surface area contributed by atoms with Gasteiger partial charge in [0.15, 0.2) is 0 Å². The number of carbonyl (C=O) groups is 1. The van der Waals surface area contributed by atoms with Gasteiger partial charge in [-0.3, -0.25) is 14.9 Å². The summed E-state index contributed by atoms with van der Waals surface area (Å²) in [5.41, 5.74) is 0.220. The number of hydrogen-bond donors (Lipinski definition) is 0. The van der Waals surface area contributed by atoms with Gasteiger partial charge in [0.2, 0.25) is 0 Å². The average Bonchev–Trinajstić information content (AvgIpc) is 3.21. The lowest BCUT2D eigenvalue weighted by molar-refractivity contribution is -0.380. The fourth-order valence-electron chi connectivity index (χ4n) is 2.27. The third-order valence-corrected chi connectivity index (χ3v) is 4.61. The van der Waals surface area contributed by atoms with Crippen molar-refractivity contribution >= 4 is 22.2 Å². The van der Waals surface area contributed by atoms with Gasteiger partial charge in [0.25, 0.3) is 5.91 Å². The van der Waals surface area contributed by atoms with E-state index in [2.05, 4.69) is 0 Å². The number of nitrogens with zero attached hydrogens (tertiary/aromatic N) is 2. The summed E-state index contributed by atoms with van der Waals surface area (Å²) in [5, 5.41) is 10.6. The largest absolute Gasteiger partial charge is 0.331 e. The Kier molecular flexibility index (Phi) is 4.08. The highest BCUT2D eigenvalue weighted by Gasteiger charge is 2.34. The zero-order chi connectivity index (χ0) is 16.6. The molecule has 0 radical (unpaired) electrons. The number of amides is 1. The summed E-state index contributed by atoms with van der Waals surface area (Å²) in [6.45, 7) is 0.0152. The third-order valence-electron chi connectivity index (χ3n) is 3.59. The van der Waals surface area contributed by atoms with Crippen molar-refractivity contribution in [2.24, 2.45) is 0 Å². The molecule has 2 aromatic rings. The van der Waals surface area contributed by atoms with Crippen LogP contribution in [0.4, 0.5) is 13.8 Å². The van der Waals surface area contributed by atoms with Crippen LogP contribution in [0.25, 0.3) is 0 Å². The van der Waals surface area contributed by atoms with Gasteiger partial charge in [-0.15, -0.1) is 0 Å². The first-order valence-corrected chi connectivity index (χ1v) is 7.76. The highest BCUT2D eigenvalue weighted by molar-refractivity contribution is 7.17. The molecule has 1 heterocycles. The van der Waals surface area contributed by atoms with Gasteiger partial charge < -0.3 is 4.90 Å². The highest BCUT2D eigenvalue weighted by Crippen LogP contribution is 2.33. The number of carbonyl (C=O) groups excluding carboxylic acids is 1. The van der Waals surface area contributed by atoms with Crippen LogP contribution in [-0.2, 0) is 6.54 Å². The van der Waals surface area contributed by atoms with Crippen LogP contribution in [0.15, 0.2) is 30.3 Å². The lowest BCUT2D eigenvalue weighted by atomic mass is 10.2. The van der Waals surface area contributed by atoms with E-state index in [1.54, 1.807) is 0 Å². The number of nitro groups is 1. The van der Waals surface area contributed by atoms with Crippen molar-refractivity contribution in [3.8, 4) is 0 Å². The van der Waals surface area contributed by atoms with E-state index in [1.807, 2.05) is 0 Å². The topological polar surface area (TPSA) is 63.4 Å². The van der Waals surface area contributed by atoms with Crippen molar-refractivity contribution in [1.29, 1.82) is 0 Å². The second kappa shape index (κ2) is 6.04. The van der Waals surface area contributed by atoms with Gasteiger partial charge in [-0.1, -0.05) is 17.4 Å². The molecule has 1 aromatic carbocycles. The number of halogens is 2. The van der Waals surface area contributed by atoms with E-state index in [0.29, 0.717) is 0 Å². The molecule has 0 saturated heterocycles. The molecule has 1 aromatic heterocycles. The van der Waals surface area contributed by atoms with Crippen LogP contribution >= 0.6 is 11.3 Å². The Labute approximate surface area is 134 Å². The smallest absolute Gasteiger partial charge is 0.324 e. The van der Waals surface area contributed by atoms with Crippen LogP contribution in [0.1, 0.15) is 28.1 Å². The van der Waals surface area contributed by atoms with Crippen LogP contribution in [0.5, 0.6) is 0 Å². The molecule has 8 heteroatoms. The summed E-state index contributed by atoms with van der Waals surface area (Å²) in [6.07, 6.45) is 1.62. The number of benzene rings is 1. The molecule has 1 aliphatic rings. The first-order chi connectivity index (χ1) is 11.0. The third kappa shape index (κ3) is 3.37. The van der Waals surface area contributed by atoms with Gasteiger partial charge >= 0.3 is 5.00 Å². The average molecular weight is 338 g/mol. The van der Waals surface area contributed by atoms with E-state index in [-0.39, 0.29) is 33.9 Å². The molecular weight excluding hydrogens is 326 g/mol. The molecule has 0 aliphatic heterocycles. The van der Waals surface area contributed by atoms with E-state index < -0.39 is 16.6 Å². The van der Waals surface area contributed by atoms with Gasteiger partial charge in [0.1, 0.15) is 11.6 Å². The van der Waals surface area contributed by atoms with Crippen LogP contribution in [-0.4, -0.2) is 21.8 Å². The van der Waals surface area contributed by atoms with Crippen molar-refractivity contribution in [1.82, 2.24) is 4.90 Å². The molecule has 5 nitrogen and oxygen atoms in total. The van der Waals surface area contributed by atoms with Gasteiger partial charge in [0.05, 0.1) is 9.80 Å². The Morgan fingerprint density at radius 1 is 1.30 bits per heavy atom. The number of rotatable bonds is 5. The monoisotopic (exact) mass is 338 g/mol. The standard InChI is InChI=1S/C15H12F2N2O3S/c16-10-2-1-9(12(17)7-10)8-18(11-3-4-11)15(20)13-5-6-14(23-13)19(21)22/h1-2,5-7,11H,3-4,8H2. The fourth-order valence-corrected chi connectivity index (χ4v) is 3.05. The van der Waals surface area contributed by atoms with E-state index in [9.17, 15) is 23.7 Å². The molecule has 0 N–H and O–H groups in total. The Balaban J connectivity index is 1.83. The summed E-state index contributed by atoms with van der Waals surface area (Å²) in [4.78, 5) is 24.5. The minimum Gasteiger partial charge on any atom is -0.331 e. The van der Waals surface area contributed by atoms with E-state index in [0.717, 1.165) is 36.3 Å². The van der Waals surface area contributed by atoms with E-state index >= 15 is 0 Å². The summed E-state index contributed by atoms with van der Waals surface area (Å²) in [7, 11) is 0. The molecule has 1 aliphatic carbocycles. The van der Waals surface area contributed by atoms with Crippen LogP contribution in [0.3, 0.4) is 0 Å². The molecule has 0 unspecified atom stereocenters. The quantitative estimate of drug-likeness (QED) is 0.616. The van der Waals surface area contributed by atoms with Gasteiger partial charge in [-0.2, -0.15) is 0 Å². The summed E-state index contributed by atoms with van der Waals surface area (Å²) in [5.74, 6) is -1.75. The minimum absolute atomic E-state index is 0.00638.